The van der Waals surface area contributed by atoms with Crippen molar-refractivity contribution in [2.24, 2.45) is 0 Å². The minimum atomic E-state index is -0.0246. The molecule has 0 spiro atoms. The van der Waals surface area contributed by atoms with Gasteiger partial charge in [0, 0.05) is 31.7 Å². The lowest BCUT2D eigenvalue weighted by molar-refractivity contribution is 0.0780. The predicted molar refractivity (Wildman–Crippen MR) is 91.0 cm³/mol. The Morgan fingerprint density at radius 1 is 1.13 bits per heavy atom. The molecule has 23 heavy (non-hydrogen) atoms. The number of pyridine rings is 1. The maximum atomic E-state index is 12.6. The second kappa shape index (κ2) is 6.48. The average Bonchev–Trinajstić information content (AvgIpc) is 3.07. The van der Waals surface area contributed by atoms with Gasteiger partial charge in [-0.1, -0.05) is 30.3 Å². The van der Waals surface area contributed by atoms with Crippen molar-refractivity contribution >= 4 is 5.91 Å². The third-order valence-electron chi connectivity index (χ3n) is 3.89. The number of aryl methyl sites for hydroxylation is 1. The number of carbonyl (C=O) groups excluding carboxylic acids is 1. The van der Waals surface area contributed by atoms with Crippen LogP contribution in [0.1, 0.15) is 21.6 Å². The Balaban J connectivity index is 1.76. The van der Waals surface area contributed by atoms with Gasteiger partial charge in [0.05, 0.1) is 0 Å². The van der Waals surface area contributed by atoms with Crippen molar-refractivity contribution < 1.29 is 4.79 Å². The summed E-state index contributed by atoms with van der Waals surface area (Å²) in [4.78, 5) is 21.6. The van der Waals surface area contributed by atoms with Crippen LogP contribution in [0.3, 0.4) is 0 Å². The highest BCUT2D eigenvalue weighted by molar-refractivity contribution is 5.93. The molecule has 2 heterocycles. The molecule has 0 radical (unpaired) electrons. The molecule has 116 valence electrons. The molecule has 3 rings (SSSR count). The van der Waals surface area contributed by atoms with E-state index < -0.39 is 0 Å². The van der Waals surface area contributed by atoms with Gasteiger partial charge in [-0.25, -0.2) is 0 Å². The van der Waals surface area contributed by atoms with E-state index in [-0.39, 0.29) is 5.91 Å². The molecule has 0 saturated carbocycles. The van der Waals surface area contributed by atoms with Gasteiger partial charge in [0.2, 0.25) is 0 Å². The number of nitrogens with zero attached hydrogens (tertiary/aromatic N) is 2. The van der Waals surface area contributed by atoms with E-state index in [0.717, 1.165) is 22.4 Å². The zero-order valence-corrected chi connectivity index (χ0v) is 13.3. The Labute approximate surface area is 135 Å². The standard InChI is InChI=1S/C19H19N3O/c1-14-12-20-11-10-16(14)13-22(2)19(23)18-9-8-17(21-18)15-6-4-3-5-7-15/h3-12,21H,13H2,1-2H3. The number of hydrogen-bond acceptors (Lipinski definition) is 2. The van der Waals surface area contributed by atoms with Crippen molar-refractivity contribution in [2.75, 3.05) is 7.05 Å². The van der Waals surface area contributed by atoms with Crippen LogP contribution in [-0.4, -0.2) is 27.8 Å². The first-order valence-electron chi connectivity index (χ1n) is 7.54. The summed E-state index contributed by atoms with van der Waals surface area (Å²) in [6.07, 6.45) is 3.57. The zero-order chi connectivity index (χ0) is 16.2. The Bertz CT molecular complexity index is 808. The van der Waals surface area contributed by atoms with Gasteiger partial charge in [0.15, 0.2) is 0 Å². The molecule has 1 aromatic carbocycles. The number of aromatic nitrogens is 2. The number of H-pyrrole nitrogens is 1. The van der Waals surface area contributed by atoms with Crippen LogP contribution >= 0.6 is 0 Å². The van der Waals surface area contributed by atoms with Gasteiger partial charge in [-0.05, 0) is 41.8 Å². The SMILES string of the molecule is Cc1cnccc1CN(C)C(=O)c1ccc(-c2ccccc2)[nH]1. The summed E-state index contributed by atoms with van der Waals surface area (Å²) in [6.45, 7) is 2.57. The van der Waals surface area contributed by atoms with Crippen molar-refractivity contribution in [3.8, 4) is 11.3 Å². The average molecular weight is 305 g/mol. The lowest BCUT2D eigenvalue weighted by Crippen LogP contribution is -2.26. The molecule has 0 atom stereocenters. The number of benzene rings is 1. The van der Waals surface area contributed by atoms with Gasteiger partial charge in [-0.3, -0.25) is 9.78 Å². The molecule has 1 N–H and O–H groups in total. The second-order valence-electron chi connectivity index (χ2n) is 5.62. The van der Waals surface area contributed by atoms with Crippen molar-refractivity contribution in [3.63, 3.8) is 0 Å². The van der Waals surface area contributed by atoms with E-state index in [1.807, 2.05) is 68.7 Å². The number of hydrogen-bond donors (Lipinski definition) is 1. The van der Waals surface area contributed by atoms with Crippen molar-refractivity contribution in [2.45, 2.75) is 13.5 Å². The number of rotatable bonds is 4. The normalized spacial score (nSPS) is 10.5. The quantitative estimate of drug-likeness (QED) is 0.799. The molecule has 0 saturated heterocycles. The Morgan fingerprint density at radius 3 is 2.65 bits per heavy atom. The fourth-order valence-electron chi connectivity index (χ4n) is 2.52. The van der Waals surface area contributed by atoms with Crippen molar-refractivity contribution in [3.05, 3.63) is 77.7 Å². The summed E-state index contributed by atoms with van der Waals surface area (Å²) in [6, 6.07) is 15.7. The predicted octanol–water partition coefficient (Wildman–Crippen LogP) is 3.66. The number of nitrogens with one attached hydrogen (secondary N) is 1. The topological polar surface area (TPSA) is 49.0 Å². The Kier molecular flexibility index (Phi) is 4.24. The highest BCUT2D eigenvalue weighted by Gasteiger charge is 2.15. The fraction of sp³-hybridized carbons (Fsp3) is 0.158. The number of carbonyl (C=O) groups is 1. The summed E-state index contributed by atoms with van der Waals surface area (Å²) in [5, 5.41) is 0. The highest BCUT2D eigenvalue weighted by Crippen LogP contribution is 2.19. The highest BCUT2D eigenvalue weighted by atomic mass is 16.2. The van der Waals surface area contributed by atoms with Gasteiger partial charge in [-0.15, -0.1) is 0 Å². The molecular weight excluding hydrogens is 286 g/mol. The van der Waals surface area contributed by atoms with E-state index in [9.17, 15) is 4.79 Å². The first-order valence-corrected chi connectivity index (χ1v) is 7.54. The molecule has 0 unspecified atom stereocenters. The molecule has 0 bridgehead atoms. The molecule has 1 amide bonds. The Morgan fingerprint density at radius 2 is 1.91 bits per heavy atom. The molecule has 4 nitrogen and oxygen atoms in total. The van der Waals surface area contributed by atoms with E-state index in [1.165, 1.54) is 0 Å². The summed E-state index contributed by atoms with van der Waals surface area (Å²) in [5.74, 6) is -0.0246. The fourth-order valence-corrected chi connectivity index (χ4v) is 2.52. The van der Waals surface area contributed by atoms with Crippen molar-refractivity contribution in [1.29, 1.82) is 0 Å². The first kappa shape index (κ1) is 15.0. The second-order valence-corrected chi connectivity index (χ2v) is 5.62. The lowest BCUT2D eigenvalue weighted by Gasteiger charge is -2.17. The van der Waals surface area contributed by atoms with Crippen LogP contribution in [0.4, 0.5) is 0 Å². The molecule has 0 aliphatic rings. The van der Waals surface area contributed by atoms with Crippen LogP contribution in [0.15, 0.2) is 60.9 Å². The van der Waals surface area contributed by atoms with Gasteiger partial charge in [0.25, 0.3) is 5.91 Å². The maximum absolute atomic E-state index is 12.6. The van der Waals surface area contributed by atoms with E-state index >= 15 is 0 Å². The smallest absolute Gasteiger partial charge is 0.270 e. The monoisotopic (exact) mass is 305 g/mol. The largest absolute Gasteiger partial charge is 0.351 e. The summed E-state index contributed by atoms with van der Waals surface area (Å²) < 4.78 is 0. The van der Waals surface area contributed by atoms with Gasteiger partial charge >= 0.3 is 0 Å². The number of amides is 1. The minimum Gasteiger partial charge on any atom is -0.351 e. The van der Waals surface area contributed by atoms with E-state index in [1.54, 1.807) is 11.1 Å². The van der Waals surface area contributed by atoms with Crippen molar-refractivity contribution in [1.82, 2.24) is 14.9 Å². The summed E-state index contributed by atoms with van der Waals surface area (Å²) >= 11 is 0. The lowest BCUT2D eigenvalue weighted by atomic mass is 10.1. The molecule has 0 aliphatic carbocycles. The van der Waals surface area contributed by atoms with Crippen LogP contribution in [0, 0.1) is 6.92 Å². The van der Waals surface area contributed by atoms with E-state index in [0.29, 0.717) is 12.2 Å². The molecule has 2 aromatic heterocycles. The van der Waals surface area contributed by atoms with Crippen LogP contribution in [-0.2, 0) is 6.54 Å². The van der Waals surface area contributed by atoms with Gasteiger partial charge < -0.3 is 9.88 Å². The Hall–Kier alpha value is -2.88. The molecule has 0 fully saturated rings. The van der Waals surface area contributed by atoms with E-state index in [2.05, 4.69) is 9.97 Å². The maximum Gasteiger partial charge on any atom is 0.270 e. The van der Waals surface area contributed by atoms with Crippen LogP contribution in [0.2, 0.25) is 0 Å². The first-order chi connectivity index (χ1) is 11.1. The molecule has 4 heteroatoms. The van der Waals surface area contributed by atoms with Gasteiger partial charge in [0.1, 0.15) is 5.69 Å². The van der Waals surface area contributed by atoms with Gasteiger partial charge in [-0.2, -0.15) is 0 Å². The van der Waals surface area contributed by atoms with Crippen LogP contribution in [0.25, 0.3) is 11.3 Å². The third-order valence-corrected chi connectivity index (χ3v) is 3.89. The number of aromatic amines is 1. The minimum absolute atomic E-state index is 0.0246. The third kappa shape index (κ3) is 3.31. The molecule has 3 aromatic rings. The molecule has 0 aliphatic heterocycles. The van der Waals surface area contributed by atoms with E-state index in [4.69, 9.17) is 0 Å². The van der Waals surface area contributed by atoms with Crippen LogP contribution in [0.5, 0.6) is 0 Å². The summed E-state index contributed by atoms with van der Waals surface area (Å²) in [7, 11) is 1.81. The van der Waals surface area contributed by atoms with Crippen LogP contribution < -0.4 is 0 Å². The summed E-state index contributed by atoms with van der Waals surface area (Å²) in [5.41, 5.74) is 4.80. The molecular formula is C19H19N3O. The zero-order valence-electron chi connectivity index (χ0n) is 13.3.